The normalized spacial score (nSPS) is 13.3. The number of hydrogen-bond acceptors (Lipinski definition) is 10. The molecule has 0 bridgehead atoms. The molecule has 0 saturated carbocycles. The average Bonchev–Trinajstić information content (AvgIpc) is 4.00. The van der Waals surface area contributed by atoms with Gasteiger partial charge in [-0.05, 0) is 89.7 Å². The summed E-state index contributed by atoms with van der Waals surface area (Å²) < 4.78 is 28.0. The van der Waals surface area contributed by atoms with Crippen molar-refractivity contribution in [1.82, 2.24) is 24.3 Å². The molecule has 286 valence electrons. The molecule has 4 heterocycles. The summed E-state index contributed by atoms with van der Waals surface area (Å²) in [7, 11) is 4.03. The molecule has 10 nitrogen and oxygen atoms in total. The number of hydrogen-bond donors (Lipinski definition) is 2. The maximum Gasteiger partial charge on any atom is 0.346 e. The van der Waals surface area contributed by atoms with Crippen LogP contribution >= 0.6 is 22.7 Å². The van der Waals surface area contributed by atoms with Gasteiger partial charge in [-0.3, -0.25) is 9.58 Å². The average molecular weight is 774 g/mol. The van der Waals surface area contributed by atoms with Crippen molar-refractivity contribution in [2.75, 3.05) is 45.3 Å². The third-order valence-electron chi connectivity index (χ3n) is 8.84. The Morgan fingerprint density at radius 2 is 1.59 bits per heavy atom. The summed E-state index contributed by atoms with van der Waals surface area (Å²) in [5.41, 5.74) is 17.7. The van der Waals surface area contributed by atoms with E-state index >= 15 is 0 Å². The molecule has 1 aliphatic heterocycles. The number of nitrogens with zero attached hydrogens (tertiary/aromatic N) is 7. The molecule has 0 fully saturated rings. The number of rotatable bonds is 14. The quantitative estimate of drug-likeness (QED) is 0.122. The highest BCUT2D eigenvalue weighted by Gasteiger charge is 2.17. The second-order valence-electron chi connectivity index (χ2n) is 13.1. The minimum atomic E-state index is -0.288. The first-order valence-electron chi connectivity index (χ1n) is 17.4. The molecule has 5 aromatic rings. The number of benzene rings is 2. The van der Waals surface area contributed by atoms with Crippen molar-refractivity contribution in [3.8, 4) is 10.4 Å². The lowest BCUT2D eigenvalue weighted by molar-refractivity contribution is 0.247. The number of thiophene rings is 2. The first-order valence-corrected chi connectivity index (χ1v) is 19.0. The number of anilines is 1. The molecule has 54 heavy (non-hydrogen) atoms. The van der Waals surface area contributed by atoms with Crippen LogP contribution < -0.4 is 22.1 Å². The van der Waals surface area contributed by atoms with E-state index in [0.29, 0.717) is 43.6 Å². The topological polar surface area (TPSA) is 114 Å². The molecule has 0 spiro atoms. The summed E-state index contributed by atoms with van der Waals surface area (Å²) in [4.78, 5) is 21.3. The molecule has 0 unspecified atom stereocenters. The minimum absolute atomic E-state index is 0. The zero-order valence-corrected chi connectivity index (χ0v) is 32.7. The largest absolute Gasteiger partial charge is 0.378 e. The van der Waals surface area contributed by atoms with Crippen LogP contribution in [-0.4, -0.2) is 71.0 Å². The highest BCUT2D eigenvalue weighted by molar-refractivity contribution is 7.15. The molecular weight excluding hydrogens is 725 g/mol. The van der Waals surface area contributed by atoms with Crippen molar-refractivity contribution >= 4 is 46.9 Å². The van der Waals surface area contributed by atoms with Crippen LogP contribution in [-0.2, 0) is 19.6 Å². The van der Waals surface area contributed by atoms with Gasteiger partial charge in [0.25, 0.3) is 0 Å². The molecule has 3 aromatic heterocycles. The second kappa shape index (κ2) is 19.3. The maximum absolute atomic E-state index is 12.7. The van der Waals surface area contributed by atoms with Crippen molar-refractivity contribution in [3.05, 3.63) is 139 Å². The van der Waals surface area contributed by atoms with E-state index < -0.39 is 0 Å². The maximum atomic E-state index is 12.7. The minimum Gasteiger partial charge on any atom is -0.378 e. The van der Waals surface area contributed by atoms with E-state index in [9.17, 15) is 13.6 Å². The van der Waals surface area contributed by atoms with Crippen molar-refractivity contribution in [2.24, 2.45) is 16.6 Å². The summed E-state index contributed by atoms with van der Waals surface area (Å²) in [5, 5.41) is 10.2. The van der Waals surface area contributed by atoms with Crippen molar-refractivity contribution < 1.29 is 10.2 Å². The van der Waals surface area contributed by atoms with E-state index in [4.69, 9.17) is 11.5 Å². The molecule has 0 aliphatic carbocycles. The second-order valence-corrected chi connectivity index (χ2v) is 15.4. The lowest BCUT2D eigenvalue weighted by Gasteiger charge is -2.18. The monoisotopic (exact) mass is 773 g/mol. The highest BCUT2D eigenvalue weighted by atomic mass is 32.1. The Hall–Kier alpha value is -5.15. The Kier molecular flexibility index (Phi) is 14.3. The molecule has 0 radical (unpaired) electrons. The number of aromatic nitrogens is 3. The van der Waals surface area contributed by atoms with Crippen LogP contribution in [0.25, 0.3) is 22.6 Å². The lowest BCUT2D eigenvalue weighted by Crippen LogP contribution is -2.28. The predicted octanol–water partition coefficient (Wildman–Crippen LogP) is 7.31. The number of halogens is 2. The molecule has 1 aliphatic rings. The summed E-state index contributed by atoms with van der Waals surface area (Å²) in [6, 6.07) is 23.1. The van der Waals surface area contributed by atoms with Crippen LogP contribution in [0.5, 0.6) is 0 Å². The number of aryl methyl sites for hydroxylation is 1. The Morgan fingerprint density at radius 3 is 2.30 bits per heavy atom. The van der Waals surface area contributed by atoms with Crippen LogP contribution in [0.3, 0.4) is 0 Å². The third kappa shape index (κ3) is 10.7. The van der Waals surface area contributed by atoms with Crippen LogP contribution in [0, 0.1) is 13.8 Å². The fourth-order valence-electron chi connectivity index (χ4n) is 5.54. The van der Waals surface area contributed by atoms with Gasteiger partial charge in [-0.15, -0.1) is 22.7 Å². The Labute approximate surface area is 324 Å². The number of hydrazone groups is 1. The van der Waals surface area contributed by atoms with E-state index in [0.717, 1.165) is 27.5 Å². The fourth-order valence-corrected chi connectivity index (χ4v) is 7.57. The van der Waals surface area contributed by atoms with Crippen LogP contribution in [0.4, 0.5) is 14.5 Å². The predicted molar refractivity (Wildman–Crippen MR) is 223 cm³/mol. The van der Waals surface area contributed by atoms with Crippen molar-refractivity contribution in [3.63, 3.8) is 0 Å². The molecule has 0 saturated heterocycles. The molecule has 0 atom stereocenters. The highest BCUT2D eigenvalue weighted by Crippen LogP contribution is 2.32. The van der Waals surface area contributed by atoms with Gasteiger partial charge >= 0.3 is 5.69 Å². The van der Waals surface area contributed by atoms with E-state index in [1.165, 1.54) is 42.0 Å². The van der Waals surface area contributed by atoms with Gasteiger partial charge in [0, 0.05) is 53.8 Å². The van der Waals surface area contributed by atoms with Gasteiger partial charge in [0.2, 0.25) is 0 Å². The van der Waals surface area contributed by atoms with Crippen LogP contribution in [0.15, 0.2) is 107 Å². The SMILES string of the molecule is CN(C)c1ccc(/C=C/c2ccc(Cn3cnn(C/C(=C/F)CN)c3=O)s2)cc1.Cc1cccc(-c2ccc(CN3C=NN(C/C(=C/F)CN)C3)s2)c1C.[HH]. The summed E-state index contributed by atoms with van der Waals surface area (Å²) in [6.45, 7) is 6.93. The van der Waals surface area contributed by atoms with Gasteiger partial charge in [-0.25, -0.2) is 18.3 Å². The first-order chi connectivity index (χ1) is 26.1. The number of nitrogens with two attached hydrogens (primary N) is 2. The summed E-state index contributed by atoms with van der Waals surface area (Å²) in [5.74, 6) is 0. The summed E-state index contributed by atoms with van der Waals surface area (Å²) >= 11 is 3.42. The van der Waals surface area contributed by atoms with E-state index in [1.54, 1.807) is 22.7 Å². The van der Waals surface area contributed by atoms with Gasteiger partial charge in [0.1, 0.15) is 19.3 Å². The lowest BCUT2D eigenvalue weighted by atomic mass is 10.0. The molecule has 4 N–H and O–H groups in total. The Morgan fingerprint density at radius 1 is 0.889 bits per heavy atom. The van der Waals surface area contributed by atoms with Crippen LogP contribution in [0.2, 0.25) is 0 Å². The zero-order valence-electron chi connectivity index (χ0n) is 31.0. The first kappa shape index (κ1) is 40.0. The van der Waals surface area contributed by atoms with E-state index in [-0.39, 0.29) is 26.8 Å². The fraction of sp³-hybridized carbons (Fsp3) is 0.275. The van der Waals surface area contributed by atoms with Crippen molar-refractivity contribution in [2.45, 2.75) is 33.5 Å². The molecular formula is C40H49F2N9OS2. The molecule has 2 aromatic carbocycles. The van der Waals surface area contributed by atoms with Crippen LogP contribution in [0.1, 0.15) is 32.7 Å². The molecule has 6 rings (SSSR count). The third-order valence-corrected chi connectivity index (χ3v) is 11.0. The zero-order chi connectivity index (χ0) is 38.6. The van der Waals surface area contributed by atoms with Gasteiger partial charge in [-0.1, -0.05) is 36.4 Å². The van der Waals surface area contributed by atoms with Gasteiger partial charge in [0.05, 0.1) is 38.8 Å². The van der Waals surface area contributed by atoms with Gasteiger partial charge in [-0.2, -0.15) is 10.2 Å². The van der Waals surface area contributed by atoms with Gasteiger partial charge < -0.3 is 21.3 Å². The Bertz CT molecular complexity index is 2170. The molecule has 14 heteroatoms. The Balaban J connectivity index is 0.000000243. The molecule has 0 amide bonds. The van der Waals surface area contributed by atoms with E-state index in [2.05, 4.69) is 101 Å². The van der Waals surface area contributed by atoms with Crippen molar-refractivity contribution in [1.29, 1.82) is 0 Å². The van der Waals surface area contributed by atoms with Gasteiger partial charge in [0.15, 0.2) is 0 Å². The smallest absolute Gasteiger partial charge is 0.346 e. The van der Waals surface area contributed by atoms with E-state index in [1.807, 2.05) is 37.6 Å². The standard InChI is InChI=1S/C21H24FN5OS.C19H23FN4S.H2/c1-25(2)18-6-3-16(4-7-18)5-8-19-9-10-20(29-19)14-26-15-24-27(21(26)28)13-17(11-22)12-23;1-14-4-3-5-18(15(14)2)19-7-6-17(25-19)11-23-12-22-24(13-23)10-16(8-20)9-21;/h3-11,15H,12-14,23H2,1-2H3;3-8,12H,9-11,13,21H2,1-2H3;1H/b8-5+,17-11+;16-8+;. The summed E-state index contributed by atoms with van der Waals surface area (Å²) in [6.07, 6.45) is 8.41.